The molecular formula is C19H23ClN4O. The fraction of sp³-hybridized carbons (Fsp3) is 0.368. The zero-order valence-electron chi connectivity index (χ0n) is 14.4. The fourth-order valence-corrected chi connectivity index (χ4v) is 3.07. The molecule has 0 atom stereocenters. The van der Waals surface area contributed by atoms with Crippen LogP contribution in [0.1, 0.15) is 5.56 Å². The van der Waals surface area contributed by atoms with Crippen molar-refractivity contribution in [1.29, 1.82) is 0 Å². The second-order valence-electron chi connectivity index (χ2n) is 6.33. The number of hydrogen-bond acceptors (Lipinski definition) is 4. The van der Waals surface area contributed by atoms with Crippen LogP contribution in [-0.4, -0.2) is 60.5 Å². The van der Waals surface area contributed by atoms with Crippen LogP contribution in [0.2, 0.25) is 5.02 Å². The van der Waals surface area contributed by atoms with Gasteiger partial charge in [-0.25, -0.2) is 4.98 Å². The van der Waals surface area contributed by atoms with E-state index in [1.54, 1.807) is 4.90 Å². The first-order chi connectivity index (χ1) is 12.1. The minimum Gasteiger partial charge on any atom is -0.354 e. The lowest BCUT2D eigenvalue weighted by atomic mass is 10.2. The molecule has 1 aromatic heterocycles. The SMILES string of the molecule is CN(Cc1ccc(Cl)cc1)C(=O)CN1CCN(c2ccccn2)CC1. The van der Waals surface area contributed by atoms with Crippen LogP contribution in [0.25, 0.3) is 0 Å². The number of benzene rings is 1. The highest BCUT2D eigenvalue weighted by atomic mass is 35.5. The Kier molecular flexibility index (Phi) is 5.89. The molecule has 0 saturated carbocycles. The minimum absolute atomic E-state index is 0.140. The summed E-state index contributed by atoms with van der Waals surface area (Å²) in [6.07, 6.45) is 1.82. The normalized spacial score (nSPS) is 15.2. The minimum atomic E-state index is 0.140. The summed E-state index contributed by atoms with van der Waals surface area (Å²) in [5.41, 5.74) is 1.08. The maximum atomic E-state index is 12.5. The monoisotopic (exact) mass is 358 g/mol. The first-order valence-corrected chi connectivity index (χ1v) is 8.86. The van der Waals surface area contributed by atoms with Gasteiger partial charge in [0.05, 0.1) is 6.54 Å². The number of nitrogens with zero attached hydrogens (tertiary/aromatic N) is 4. The van der Waals surface area contributed by atoms with Gasteiger partial charge in [-0.15, -0.1) is 0 Å². The van der Waals surface area contributed by atoms with Gasteiger partial charge in [0.15, 0.2) is 0 Å². The molecule has 6 heteroatoms. The molecule has 0 spiro atoms. The molecule has 1 aliphatic heterocycles. The predicted molar refractivity (Wildman–Crippen MR) is 101 cm³/mol. The Bertz CT molecular complexity index is 684. The van der Waals surface area contributed by atoms with Crippen LogP contribution in [0.15, 0.2) is 48.7 Å². The van der Waals surface area contributed by atoms with Crippen molar-refractivity contribution >= 4 is 23.3 Å². The van der Waals surface area contributed by atoms with Crippen LogP contribution in [0.3, 0.4) is 0 Å². The van der Waals surface area contributed by atoms with E-state index in [2.05, 4.69) is 14.8 Å². The summed E-state index contributed by atoms with van der Waals surface area (Å²) in [7, 11) is 1.85. The van der Waals surface area contributed by atoms with Gasteiger partial charge in [-0.1, -0.05) is 29.8 Å². The summed E-state index contributed by atoms with van der Waals surface area (Å²) in [6.45, 7) is 4.59. The van der Waals surface area contributed by atoms with Crippen LogP contribution in [0.5, 0.6) is 0 Å². The van der Waals surface area contributed by atoms with Crippen LogP contribution in [0.4, 0.5) is 5.82 Å². The average Bonchev–Trinajstić information content (AvgIpc) is 2.65. The molecule has 3 rings (SSSR count). The Labute approximate surface area is 153 Å². The second kappa shape index (κ2) is 8.32. The number of halogens is 1. The molecular weight excluding hydrogens is 336 g/mol. The maximum absolute atomic E-state index is 12.5. The van der Waals surface area contributed by atoms with Crippen LogP contribution in [-0.2, 0) is 11.3 Å². The van der Waals surface area contributed by atoms with Crippen molar-refractivity contribution in [2.75, 3.05) is 44.7 Å². The summed E-state index contributed by atoms with van der Waals surface area (Å²) in [6, 6.07) is 13.6. The summed E-state index contributed by atoms with van der Waals surface area (Å²) in [4.78, 5) is 23.1. The van der Waals surface area contributed by atoms with E-state index < -0.39 is 0 Å². The lowest BCUT2D eigenvalue weighted by molar-refractivity contribution is -0.131. The molecule has 0 unspecified atom stereocenters. The Morgan fingerprint density at radius 1 is 1.12 bits per heavy atom. The first kappa shape index (κ1) is 17.7. The van der Waals surface area contributed by atoms with Crippen molar-refractivity contribution in [2.45, 2.75) is 6.54 Å². The summed E-state index contributed by atoms with van der Waals surface area (Å²) in [5.74, 6) is 1.15. The molecule has 0 N–H and O–H groups in total. The van der Waals surface area contributed by atoms with Gasteiger partial charge < -0.3 is 9.80 Å². The third-order valence-electron chi connectivity index (χ3n) is 4.46. The molecule has 25 heavy (non-hydrogen) atoms. The number of piperazine rings is 1. The first-order valence-electron chi connectivity index (χ1n) is 8.48. The number of carbonyl (C=O) groups excluding carboxylic acids is 1. The zero-order valence-corrected chi connectivity index (χ0v) is 15.2. The molecule has 1 aromatic carbocycles. The van der Waals surface area contributed by atoms with E-state index >= 15 is 0 Å². The fourth-order valence-electron chi connectivity index (χ4n) is 2.94. The molecule has 5 nitrogen and oxygen atoms in total. The number of carbonyl (C=O) groups is 1. The van der Waals surface area contributed by atoms with Crippen LogP contribution in [0, 0.1) is 0 Å². The lowest BCUT2D eigenvalue weighted by Gasteiger charge is -2.35. The Balaban J connectivity index is 1.46. The van der Waals surface area contributed by atoms with E-state index in [1.807, 2.05) is 55.7 Å². The highest BCUT2D eigenvalue weighted by Gasteiger charge is 2.21. The molecule has 0 bridgehead atoms. The summed E-state index contributed by atoms with van der Waals surface area (Å²) >= 11 is 5.90. The van der Waals surface area contributed by atoms with Gasteiger partial charge in [-0.3, -0.25) is 9.69 Å². The maximum Gasteiger partial charge on any atom is 0.236 e. The number of hydrogen-bond donors (Lipinski definition) is 0. The number of likely N-dealkylation sites (N-methyl/N-ethyl adjacent to an activating group) is 1. The topological polar surface area (TPSA) is 39.7 Å². The lowest BCUT2D eigenvalue weighted by Crippen LogP contribution is -2.49. The van der Waals surface area contributed by atoms with Gasteiger partial charge in [0, 0.05) is 51.0 Å². The molecule has 2 heterocycles. The summed E-state index contributed by atoms with van der Waals surface area (Å²) in [5, 5.41) is 0.712. The van der Waals surface area contributed by atoms with Crippen molar-refractivity contribution in [3.63, 3.8) is 0 Å². The summed E-state index contributed by atoms with van der Waals surface area (Å²) < 4.78 is 0. The van der Waals surface area contributed by atoms with Gasteiger partial charge in [0.25, 0.3) is 0 Å². The Morgan fingerprint density at radius 2 is 1.84 bits per heavy atom. The second-order valence-corrected chi connectivity index (χ2v) is 6.76. The van der Waals surface area contributed by atoms with E-state index in [4.69, 9.17) is 11.6 Å². The van der Waals surface area contributed by atoms with Crippen molar-refractivity contribution < 1.29 is 4.79 Å². The number of aromatic nitrogens is 1. The van der Waals surface area contributed by atoms with E-state index in [9.17, 15) is 4.79 Å². The van der Waals surface area contributed by atoms with E-state index in [0.717, 1.165) is 37.6 Å². The quantitative estimate of drug-likeness (QED) is 0.823. The Hall–Kier alpha value is -2.11. The zero-order chi connectivity index (χ0) is 17.6. The molecule has 1 fully saturated rings. The van der Waals surface area contributed by atoms with Gasteiger partial charge >= 0.3 is 0 Å². The van der Waals surface area contributed by atoms with Crippen LogP contribution >= 0.6 is 11.6 Å². The van der Waals surface area contributed by atoms with Crippen molar-refractivity contribution in [2.24, 2.45) is 0 Å². The average molecular weight is 359 g/mol. The third-order valence-corrected chi connectivity index (χ3v) is 4.72. The number of rotatable bonds is 5. The highest BCUT2D eigenvalue weighted by Crippen LogP contribution is 2.13. The van der Waals surface area contributed by atoms with Gasteiger partial charge in [0.1, 0.15) is 5.82 Å². The standard InChI is InChI=1S/C19H23ClN4O/c1-22(14-16-5-7-17(20)8-6-16)19(25)15-23-10-12-24(13-11-23)18-4-2-3-9-21-18/h2-9H,10-15H2,1H3. The molecule has 0 aliphatic carbocycles. The van der Waals surface area contributed by atoms with Gasteiger partial charge in [-0.2, -0.15) is 0 Å². The van der Waals surface area contributed by atoms with Crippen molar-refractivity contribution in [3.05, 3.63) is 59.2 Å². The van der Waals surface area contributed by atoms with Crippen LogP contribution < -0.4 is 4.90 Å². The molecule has 132 valence electrons. The van der Waals surface area contributed by atoms with Gasteiger partial charge in [-0.05, 0) is 29.8 Å². The highest BCUT2D eigenvalue weighted by molar-refractivity contribution is 6.30. The third kappa shape index (κ3) is 4.94. The molecule has 1 saturated heterocycles. The van der Waals surface area contributed by atoms with E-state index in [1.165, 1.54) is 0 Å². The molecule has 1 aliphatic rings. The molecule has 2 aromatic rings. The van der Waals surface area contributed by atoms with Crippen molar-refractivity contribution in [3.8, 4) is 0 Å². The number of amides is 1. The van der Waals surface area contributed by atoms with Gasteiger partial charge in [0.2, 0.25) is 5.91 Å². The number of anilines is 1. The number of pyridine rings is 1. The largest absolute Gasteiger partial charge is 0.354 e. The van der Waals surface area contributed by atoms with Crippen molar-refractivity contribution in [1.82, 2.24) is 14.8 Å². The van der Waals surface area contributed by atoms with E-state index in [-0.39, 0.29) is 5.91 Å². The predicted octanol–water partition coefficient (Wildman–Crippen LogP) is 2.52. The smallest absolute Gasteiger partial charge is 0.236 e. The van der Waals surface area contributed by atoms with E-state index in [0.29, 0.717) is 18.1 Å². The Morgan fingerprint density at radius 3 is 2.48 bits per heavy atom. The molecule has 1 amide bonds. The molecule has 0 radical (unpaired) electrons.